The van der Waals surface area contributed by atoms with Gasteiger partial charge < -0.3 is 19.1 Å². The first-order valence-electron chi connectivity index (χ1n) is 10.0. The first kappa shape index (κ1) is 17.2. The van der Waals surface area contributed by atoms with E-state index < -0.39 is 0 Å². The summed E-state index contributed by atoms with van der Waals surface area (Å²) in [6, 6.07) is 0.741. The molecule has 138 valence electrons. The van der Waals surface area contributed by atoms with Gasteiger partial charge in [-0.2, -0.15) is 0 Å². The van der Waals surface area contributed by atoms with Crippen LogP contribution in [-0.4, -0.2) is 88.2 Å². The molecule has 4 aliphatic heterocycles. The summed E-state index contributed by atoms with van der Waals surface area (Å²) < 4.78 is 17.1. The van der Waals surface area contributed by atoms with Crippen molar-refractivity contribution in [3.05, 3.63) is 0 Å². The maximum atomic E-state index is 6.07. The van der Waals surface area contributed by atoms with Crippen LogP contribution in [0.3, 0.4) is 0 Å². The van der Waals surface area contributed by atoms with E-state index in [-0.39, 0.29) is 0 Å². The summed E-state index contributed by atoms with van der Waals surface area (Å²) in [7, 11) is 0. The molecule has 0 amide bonds. The standard InChI is InChI=1S/C19H34N2O3/c1-8-22-9-2-17(1)13-20-7-12-24-16-19(14-20)5-6-21(15-19)18-3-10-23-11-4-18/h17-18H,1-16H2/t19-/m0/s1. The molecule has 0 bridgehead atoms. The van der Waals surface area contributed by atoms with Gasteiger partial charge in [-0.15, -0.1) is 0 Å². The fraction of sp³-hybridized carbons (Fsp3) is 1.00. The lowest BCUT2D eigenvalue weighted by atomic mass is 9.87. The molecule has 1 atom stereocenters. The van der Waals surface area contributed by atoms with Crippen molar-refractivity contribution in [2.45, 2.75) is 38.1 Å². The van der Waals surface area contributed by atoms with Crippen molar-refractivity contribution in [1.82, 2.24) is 9.80 Å². The molecule has 0 aromatic heterocycles. The maximum absolute atomic E-state index is 6.07. The Morgan fingerprint density at radius 2 is 1.54 bits per heavy atom. The van der Waals surface area contributed by atoms with E-state index in [0.717, 1.165) is 58.1 Å². The van der Waals surface area contributed by atoms with E-state index >= 15 is 0 Å². The topological polar surface area (TPSA) is 34.2 Å². The molecule has 4 fully saturated rings. The van der Waals surface area contributed by atoms with Crippen LogP contribution in [-0.2, 0) is 14.2 Å². The lowest BCUT2D eigenvalue weighted by Gasteiger charge is -2.36. The minimum atomic E-state index is 0.361. The van der Waals surface area contributed by atoms with Crippen molar-refractivity contribution in [1.29, 1.82) is 0 Å². The minimum Gasteiger partial charge on any atom is -0.381 e. The number of ether oxygens (including phenoxy) is 3. The second-order valence-electron chi connectivity index (χ2n) is 8.41. The third-order valence-corrected chi connectivity index (χ3v) is 6.55. The maximum Gasteiger partial charge on any atom is 0.0593 e. The fourth-order valence-corrected chi connectivity index (χ4v) is 5.11. The summed E-state index contributed by atoms with van der Waals surface area (Å²) in [4.78, 5) is 5.44. The molecule has 1 spiro atoms. The predicted octanol–water partition coefficient (Wildman–Crippen LogP) is 1.62. The van der Waals surface area contributed by atoms with Crippen molar-refractivity contribution < 1.29 is 14.2 Å². The van der Waals surface area contributed by atoms with Gasteiger partial charge in [0.1, 0.15) is 0 Å². The molecule has 5 nitrogen and oxygen atoms in total. The highest BCUT2D eigenvalue weighted by Gasteiger charge is 2.43. The molecule has 0 radical (unpaired) electrons. The van der Waals surface area contributed by atoms with Gasteiger partial charge >= 0.3 is 0 Å². The van der Waals surface area contributed by atoms with Gasteiger partial charge in [-0.25, -0.2) is 0 Å². The van der Waals surface area contributed by atoms with Crippen molar-refractivity contribution >= 4 is 0 Å². The predicted molar refractivity (Wildman–Crippen MR) is 93.3 cm³/mol. The van der Waals surface area contributed by atoms with Crippen molar-refractivity contribution in [3.8, 4) is 0 Å². The Balaban J connectivity index is 1.35. The summed E-state index contributed by atoms with van der Waals surface area (Å²) in [5.41, 5.74) is 0.361. The van der Waals surface area contributed by atoms with Crippen LogP contribution >= 0.6 is 0 Å². The largest absolute Gasteiger partial charge is 0.381 e. The number of hydrogen-bond donors (Lipinski definition) is 0. The molecule has 0 saturated carbocycles. The van der Waals surface area contributed by atoms with Crippen LogP contribution in [0, 0.1) is 11.3 Å². The number of nitrogens with zero attached hydrogens (tertiary/aromatic N) is 2. The summed E-state index contributed by atoms with van der Waals surface area (Å²) in [6.07, 6.45) is 6.19. The van der Waals surface area contributed by atoms with Crippen LogP contribution in [0.25, 0.3) is 0 Å². The summed E-state index contributed by atoms with van der Waals surface area (Å²) in [5.74, 6) is 0.821. The van der Waals surface area contributed by atoms with E-state index in [1.807, 2.05) is 0 Å². The summed E-state index contributed by atoms with van der Waals surface area (Å²) >= 11 is 0. The normalized spacial score (nSPS) is 35.5. The molecular weight excluding hydrogens is 304 g/mol. The van der Waals surface area contributed by atoms with Crippen molar-refractivity contribution in [3.63, 3.8) is 0 Å². The van der Waals surface area contributed by atoms with Crippen molar-refractivity contribution in [2.24, 2.45) is 11.3 Å². The Morgan fingerprint density at radius 1 is 0.792 bits per heavy atom. The second kappa shape index (κ2) is 8.00. The van der Waals surface area contributed by atoms with Crippen LogP contribution in [0.2, 0.25) is 0 Å². The third kappa shape index (κ3) is 4.13. The Labute approximate surface area is 146 Å². The summed E-state index contributed by atoms with van der Waals surface area (Å²) in [5, 5.41) is 0. The highest BCUT2D eigenvalue weighted by atomic mass is 16.5. The third-order valence-electron chi connectivity index (χ3n) is 6.55. The van der Waals surface area contributed by atoms with E-state index in [1.54, 1.807) is 0 Å². The molecule has 5 heteroatoms. The van der Waals surface area contributed by atoms with Crippen LogP contribution in [0.1, 0.15) is 32.1 Å². The number of likely N-dealkylation sites (tertiary alicyclic amines) is 1. The van der Waals surface area contributed by atoms with Crippen LogP contribution in [0.15, 0.2) is 0 Å². The quantitative estimate of drug-likeness (QED) is 0.781. The Bertz CT molecular complexity index is 396. The van der Waals surface area contributed by atoms with Crippen molar-refractivity contribution in [2.75, 3.05) is 72.4 Å². The zero-order chi connectivity index (χ0) is 16.2. The van der Waals surface area contributed by atoms with Gasteiger partial charge in [0.25, 0.3) is 0 Å². The Kier molecular flexibility index (Phi) is 5.74. The molecule has 4 saturated heterocycles. The van der Waals surface area contributed by atoms with Crippen LogP contribution < -0.4 is 0 Å². The molecule has 0 aliphatic carbocycles. The molecule has 0 aromatic rings. The van der Waals surface area contributed by atoms with Gasteiger partial charge in [0.2, 0.25) is 0 Å². The highest BCUT2D eigenvalue weighted by molar-refractivity contribution is 4.96. The van der Waals surface area contributed by atoms with Crippen LogP contribution in [0.5, 0.6) is 0 Å². The SMILES string of the molecule is C1CC(CN2CCOC[C@@]3(CCN(C4CCOCC4)C3)C2)CCO1. The van der Waals surface area contributed by atoms with E-state index in [0.29, 0.717) is 5.41 Å². The van der Waals surface area contributed by atoms with E-state index in [4.69, 9.17) is 14.2 Å². The monoisotopic (exact) mass is 338 g/mol. The number of rotatable bonds is 3. The van der Waals surface area contributed by atoms with Gasteiger partial charge in [0.05, 0.1) is 13.2 Å². The molecule has 4 rings (SSSR count). The molecule has 4 aliphatic rings. The Hall–Kier alpha value is -0.200. The summed E-state index contributed by atoms with van der Waals surface area (Å²) in [6.45, 7) is 11.7. The van der Waals surface area contributed by atoms with E-state index in [9.17, 15) is 0 Å². The van der Waals surface area contributed by atoms with Gasteiger partial charge in [-0.05, 0) is 44.6 Å². The lowest BCUT2D eigenvalue weighted by molar-refractivity contribution is 0.0265. The molecule has 0 aromatic carbocycles. The minimum absolute atomic E-state index is 0.361. The second-order valence-corrected chi connectivity index (χ2v) is 8.41. The molecule has 24 heavy (non-hydrogen) atoms. The first-order valence-corrected chi connectivity index (χ1v) is 10.0. The van der Waals surface area contributed by atoms with Gasteiger partial charge in [0.15, 0.2) is 0 Å². The average Bonchev–Trinajstić information content (AvgIpc) is 2.94. The van der Waals surface area contributed by atoms with Gasteiger partial charge in [-0.1, -0.05) is 0 Å². The van der Waals surface area contributed by atoms with Crippen LogP contribution in [0.4, 0.5) is 0 Å². The smallest absolute Gasteiger partial charge is 0.0593 e. The lowest BCUT2D eigenvalue weighted by Crippen LogP contribution is -2.45. The molecule has 0 N–H and O–H groups in total. The van der Waals surface area contributed by atoms with E-state index in [2.05, 4.69) is 9.80 Å². The first-order chi connectivity index (χ1) is 11.8. The molecule has 4 heterocycles. The van der Waals surface area contributed by atoms with Gasteiger partial charge in [0, 0.05) is 64.1 Å². The Morgan fingerprint density at radius 3 is 2.33 bits per heavy atom. The molecule has 0 unspecified atom stereocenters. The van der Waals surface area contributed by atoms with E-state index in [1.165, 1.54) is 58.3 Å². The van der Waals surface area contributed by atoms with Gasteiger partial charge in [-0.3, -0.25) is 4.90 Å². The zero-order valence-electron chi connectivity index (χ0n) is 15.1. The average molecular weight is 338 g/mol. The fourth-order valence-electron chi connectivity index (χ4n) is 5.11. The zero-order valence-corrected chi connectivity index (χ0v) is 15.1. The number of hydrogen-bond acceptors (Lipinski definition) is 5. The molecular formula is C19H34N2O3. The highest BCUT2D eigenvalue weighted by Crippen LogP contribution is 2.36.